The van der Waals surface area contributed by atoms with Gasteiger partial charge < -0.3 is 112 Å². The van der Waals surface area contributed by atoms with E-state index < -0.39 is 133 Å². The molecule has 0 heterocycles. The first kappa shape index (κ1) is 66.8. The molecule has 0 aromatic heterocycles. The average Bonchev–Trinajstić information content (AvgIpc) is 3.22. The first-order chi connectivity index (χ1) is 27.5. The molecule has 0 fully saturated rings. The third kappa shape index (κ3) is 33.3. The Morgan fingerprint density at radius 3 is 0.700 bits per heavy atom. The number of aliphatic hydroxyl groups is 20. The Bertz CT molecular complexity index is 980. The van der Waals surface area contributed by atoms with E-state index in [9.17, 15) is 9.90 Å². The molecule has 0 radical (unpaired) electrons. The van der Waals surface area contributed by atoms with E-state index in [2.05, 4.69) is 41.5 Å². The lowest BCUT2D eigenvalue weighted by atomic mass is 9.78. The molecule has 0 saturated heterocycles. The van der Waals surface area contributed by atoms with Crippen molar-refractivity contribution in [1.29, 1.82) is 0 Å². The second kappa shape index (κ2) is 37.3. The van der Waals surface area contributed by atoms with E-state index >= 15 is 0 Å². The lowest BCUT2D eigenvalue weighted by molar-refractivity contribution is -0.136. The van der Waals surface area contributed by atoms with Gasteiger partial charge in [0, 0.05) is 6.42 Å². The maximum absolute atomic E-state index is 10.8. The van der Waals surface area contributed by atoms with E-state index in [0.29, 0.717) is 12.2 Å². The third-order valence-corrected chi connectivity index (χ3v) is 7.50. The highest BCUT2D eigenvalue weighted by Crippen LogP contribution is 2.40. The van der Waals surface area contributed by atoms with Gasteiger partial charge in [0.1, 0.15) is 66.8 Å². The highest BCUT2D eigenvalue weighted by molar-refractivity contribution is 5.67. The van der Waals surface area contributed by atoms with Crippen LogP contribution in [0.2, 0.25) is 0 Å². The number of phenols is 1. The highest BCUT2D eigenvalue weighted by atomic mass is 16.4. The van der Waals surface area contributed by atoms with Crippen LogP contribution >= 0.6 is 0 Å². The molecule has 0 saturated carbocycles. The van der Waals surface area contributed by atoms with E-state index in [4.69, 9.17) is 107 Å². The number of benzene rings is 1. The number of aryl methyl sites for hydroxylation is 1. The van der Waals surface area contributed by atoms with Crippen molar-refractivity contribution in [1.82, 2.24) is 0 Å². The van der Waals surface area contributed by atoms with Crippen molar-refractivity contribution < 1.29 is 117 Å². The minimum absolute atomic E-state index is 0.109. The summed E-state index contributed by atoms with van der Waals surface area (Å²) in [4.78, 5) is 10.8. The maximum Gasteiger partial charge on any atom is 0.303 e. The van der Waals surface area contributed by atoms with Crippen LogP contribution in [0.25, 0.3) is 0 Å². The summed E-state index contributed by atoms with van der Waals surface area (Å²) in [5.41, 5.74) is 2.38. The average molecular weight is 889 g/mol. The SMILES string of the molecule is CC(C)(C)c1cc(CCC(=O)O)cc(C(C)(C)C)c1O.OC[C@@H](O)[C@@H](O)CO.OC[C@@H](O)[C@@H](O)CO.OC[C@@H](O)[C@@H](O)CO.OC[C@@H](O)[C@@H](O)CO.OC[C@@H](O)[C@@H](O)CO. The molecule has 1 aromatic carbocycles. The highest BCUT2D eigenvalue weighted by Gasteiger charge is 2.26. The molecule has 0 aliphatic rings. The number of rotatable bonds is 18. The Balaban J connectivity index is -0.000000215. The largest absolute Gasteiger partial charge is 0.507 e. The van der Waals surface area contributed by atoms with Gasteiger partial charge in [-0.2, -0.15) is 0 Å². The molecule has 0 amide bonds. The Morgan fingerprint density at radius 2 is 0.583 bits per heavy atom. The van der Waals surface area contributed by atoms with Crippen molar-refractivity contribution in [2.45, 2.75) is 126 Å². The molecule has 0 unspecified atom stereocenters. The maximum atomic E-state index is 10.8. The topological polar surface area (TPSA) is 462 Å². The standard InChI is InChI=1S/C17H26O3.5C4H10O4/c1-16(2,3)12-9-11(7-8-14(18)19)10-13(15(12)20)17(4,5)6;5*5-1-3(7)4(8)2-6/h9-10,20H,7-8H2,1-6H3,(H,18,19);5*3-8H,1-2H2/t;5*3-,4+. The second-order valence-electron chi connectivity index (χ2n) is 14.9. The van der Waals surface area contributed by atoms with Gasteiger partial charge in [-0.25, -0.2) is 0 Å². The van der Waals surface area contributed by atoms with Crippen LogP contribution in [0.5, 0.6) is 5.75 Å². The number of hydrogen-bond donors (Lipinski definition) is 22. The summed E-state index contributed by atoms with van der Waals surface area (Å²) in [7, 11) is 0. The van der Waals surface area contributed by atoms with Gasteiger partial charge in [-0.1, -0.05) is 53.7 Å². The molecule has 0 aliphatic carbocycles. The zero-order valence-corrected chi connectivity index (χ0v) is 35.2. The van der Waals surface area contributed by atoms with Crippen LogP contribution in [-0.2, 0) is 22.0 Å². The van der Waals surface area contributed by atoms with E-state index in [0.717, 1.165) is 16.7 Å². The Labute approximate surface area is 349 Å². The number of hydrogen-bond acceptors (Lipinski definition) is 22. The van der Waals surface area contributed by atoms with E-state index in [1.165, 1.54) is 0 Å². The fourth-order valence-electron chi connectivity index (χ4n) is 3.45. The summed E-state index contributed by atoms with van der Waals surface area (Å²) in [5.74, 6) is -0.461. The van der Waals surface area contributed by atoms with Crippen molar-refractivity contribution in [3.05, 3.63) is 28.8 Å². The molecule has 23 nitrogen and oxygen atoms in total. The van der Waals surface area contributed by atoms with E-state index in [1.54, 1.807) is 0 Å². The Kier molecular flexibility index (Phi) is 41.5. The third-order valence-electron chi connectivity index (χ3n) is 7.50. The van der Waals surface area contributed by atoms with Gasteiger partial charge in [0.05, 0.1) is 66.1 Å². The number of aromatic hydroxyl groups is 1. The summed E-state index contributed by atoms with van der Waals surface area (Å²) in [5, 5.41) is 185. The van der Waals surface area contributed by atoms with Gasteiger partial charge in [0.15, 0.2) is 0 Å². The fourth-order valence-corrected chi connectivity index (χ4v) is 3.45. The van der Waals surface area contributed by atoms with Gasteiger partial charge in [0.2, 0.25) is 0 Å². The van der Waals surface area contributed by atoms with E-state index in [1.807, 2.05) is 12.1 Å². The second-order valence-corrected chi connectivity index (χ2v) is 14.9. The normalized spacial score (nSPS) is 16.2. The quantitative estimate of drug-likeness (QED) is 0.0651. The number of carboxylic acids is 1. The van der Waals surface area contributed by atoms with Gasteiger partial charge in [0.25, 0.3) is 0 Å². The molecule has 1 aromatic rings. The van der Waals surface area contributed by atoms with Crippen molar-refractivity contribution in [3.63, 3.8) is 0 Å². The Morgan fingerprint density at radius 1 is 0.417 bits per heavy atom. The summed E-state index contributed by atoms with van der Waals surface area (Å²) < 4.78 is 0. The van der Waals surface area contributed by atoms with Crippen LogP contribution < -0.4 is 0 Å². The molecule has 0 aliphatic heterocycles. The van der Waals surface area contributed by atoms with Crippen LogP contribution in [0.4, 0.5) is 0 Å². The zero-order valence-electron chi connectivity index (χ0n) is 35.2. The lowest BCUT2D eigenvalue weighted by Gasteiger charge is -2.28. The predicted molar refractivity (Wildman–Crippen MR) is 212 cm³/mol. The molecule has 23 heteroatoms. The first-order valence-electron chi connectivity index (χ1n) is 18.5. The number of aliphatic carboxylic acids is 1. The van der Waals surface area contributed by atoms with Gasteiger partial charge in [-0.05, 0) is 33.9 Å². The molecular formula is C37H76O23. The van der Waals surface area contributed by atoms with Crippen LogP contribution in [0, 0.1) is 0 Å². The Hall–Kier alpha value is -2.31. The van der Waals surface area contributed by atoms with Gasteiger partial charge >= 0.3 is 5.97 Å². The summed E-state index contributed by atoms with van der Waals surface area (Å²) in [6.45, 7) is 7.05. The van der Waals surface area contributed by atoms with Crippen molar-refractivity contribution in [2.75, 3.05) is 66.1 Å². The number of phenolic OH excluding ortho intramolecular Hbond substituents is 1. The van der Waals surface area contributed by atoms with Crippen LogP contribution in [0.1, 0.15) is 64.7 Å². The predicted octanol–water partition coefficient (Wildman–Crippen LogP) is -7.53. The summed E-state index contributed by atoms with van der Waals surface area (Å²) >= 11 is 0. The summed E-state index contributed by atoms with van der Waals surface area (Å²) in [6.07, 6.45) is -11.6. The molecule has 0 spiro atoms. The van der Waals surface area contributed by atoms with Crippen LogP contribution in [0.3, 0.4) is 0 Å². The minimum atomic E-state index is -1.22. The molecular weight excluding hydrogens is 812 g/mol. The van der Waals surface area contributed by atoms with Gasteiger partial charge in [-0.15, -0.1) is 0 Å². The minimum Gasteiger partial charge on any atom is -0.507 e. The molecule has 0 bridgehead atoms. The van der Waals surface area contributed by atoms with Gasteiger partial charge in [-0.3, -0.25) is 4.79 Å². The zero-order chi connectivity index (χ0) is 48.6. The molecule has 60 heavy (non-hydrogen) atoms. The van der Waals surface area contributed by atoms with Crippen molar-refractivity contribution >= 4 is 5.97 Å². The van der Waals surface area contributed by atoms with Crippen molar-refractivity contribution in [3.8, 4) is 5.75 Å². The van der Waals surface area contributed by atoms with E-state index in [-0.39, 0.29) is 17.3 Å². The van der Waals surface area contributed by atoms with Crippen molar-refractivity contribution in [2.24, 2.45) is 0 Å². The fraction of sp³-hybridized carbons (Fsp3) is 0.811. The number of aliphatic hydroxyl groups excluding tert-OH is 20. The monoisotopic (exact) mass is 888 g/mol. The van der Waals surface area contributed by atoms with Crippen LogP contribution in [-0.4, -0.2) is 245 Å². The lowest BCUT2D eigenvalue weighted by Crippen LogP contribution is -2.31. The first-order valence-corrected chi connectivity index (χ1v) is 18.5. The molecule has 10 atom stereocenters. The van der Waals surface area contributed by atoms with Crippen LogP contribution in [0.15, 0.2) is 12.1 Å². The number of carboxylic acid groups (broad SMARTS) is 1. The summed E-state index contributed by atoms with van der Waals surface area (Å²) in [6, 6.07) is 3.88. The smallest absolute Gasteiger partial charge is 0.303 e. The molecule has 22 N–H and O–H groups in total. The molecule has 1 rings (SSSR count). The number of carbonyl (C=O) groups is 1. The molecule has 362 valence electrons.